The van der Waals surface area contributed by atoms with Crippen LogP contribution in [0.25, 0.3) is 0 Å². The maximum Gasteiger partial charge on any atom is 0.433 e. The third-order valence-corrected chi connectivity index (χ3v) is 3.47. The topological polar surface area (TPSA) is 65.5 Å². The summed E-state index contributed by atoms with van der Waals surface area (Å²) >= 11 is 3.48. The Morgan fingerprint density at radius 2 is 2.11 bits per heavy atom. The lowest BCUT2D eigenvalue weighted by Crippen LogP contribution is -1.97. The van der Waals surface area contributed by atoms with Crippen LogP contribution in [0.1, 0.15) is 16.2 Å². The van der Waals surface area contributed by atoms with Gasteiger partial charge in [0.1, 0.15) is 16.4 Å². The van der Waals surface area contributed by atoms with Gasteiger partial charge in [-0.05, 0) is 24.1 Å². The van der Waals surface area contributed by atoms with Crippen LogP contribution in [0.4, 0.5) is 5.88 Å². The Kier molecular flexibility index (Phi) is 4.21. The number of halogens is 1. The first kappa shape index (κ1) is 13.6. The van der Waals surface area contributed by atoms with Gasteiger partial charge >= 0.3 is 5.88 Å². The minimum atomic E-state index is -0.549. The van der Waals surface area contributed by atoms with E-state index in [4.69, 9.17) is 9.15 Å². The highest BCUT2D eigenvalue weighted by Crippen LogP contribution is 2.33. The van der Waals surface area contributed by atoms with Gasteiger partial charge in [-0.3, -0.25) is 10.1 Å². The van der Waals surface area contributed by atoms with Crippen LogP contribution >= 0.6 is 15.9 Å². The van der Waals surface area contributed by atoms with E-state index in [1.54, 1.807) is 13.2 Å². The fourth-order valence-electron chi connectivity index (χ4n) is 1.77. The second kappa shape index (κ2) is 5.88. The van der Waals surface area contributed by atoms with Gasteiger partial charge in [0.15, 0.2) is 0 Å². The van der Waals surface area contributed by atoms with Crippen molar-refractivity contribution in [1.29, 1.82) is 0 Å². The lowest BCUT2D eigenvalue weighted by molar-refractivity contribution is -0.402. The number of methoxy groups -OCH3 is 1. The highest BCUT2D eigenvalue weighted by atomic mass is 79.9. The van der Waals surface area contributed by atoms with Crippen LogP contribution in [0.2, 0.25) is 0 Å². The molecule has 2 aromatic rings. The highest BCUT2D eigenvalue weighted by Gasteiger charge is 2.19. The van der Waals surface area contributed by atoms with Crippen LogP contribution in [0.3, 0.4) is 0 Å². The number of furan rings is 1. The molecule has 0 bridgehead atoms. The molecule has 0 aliphatic heterocycles. The zero-order valence-electron chi connectivity index (χ0n) is 10.2. The number of nitro groups is 1. The van der Waals surface area contributed by atoms with Crippen LogP contribution in [0, 0.1) is 10.1 Å². The molecule has 0 N–H and O–H groups in total. The first-order valence-electron chi connectivity index (χ1n) is 5.62. The predicted molar refractivity (Wildman–Crippen MR) is 73.7 cm³/mol. The zero-order valence-corrected chi connectivity index (χ0v) is 11.8. The van der Waals surface area contributed by atoms with E-state index in [2.05, 4.69) is 15.9 Å². The van der Waals surface area contributed by atoms with Crippen LogP contribution < -0.4 is 4.74 Å². The number of alkyl halides is 1. The summed E-state index contributed by atoms with van der Waals surface area (Å²) in [5.74, 6) is 1.06. The van der Waals surface area contributed by atoms with E-state index >= 15 is 0 Å². The third-order valence-electron chi connectivity index (χ3n) is 2.69. The number of rotatable bonds is 5. The summed E-state index contributed by atoms with van der Waals surface area (Å²) in [6.07, 6.45) is 0.620. The molecule has 100 valence electrons. The second-order valence-corrected chi connectivity index (χ2v) is 5.02. The number of hydrogen-bond donors (Lipinski definition) is 0. The minimum Gasteiger partial charge on any atom is -0.496 e. The van der Waals surface area contributed by atoms with Gasteiger partial charge in [0.05, 0.1) is 18.0 Å². The molecule has 1 aromatic heterocycles. The van der Waals surface area contributed by atoms with Gasteiger partial charge in [-0.15, -0.1) is 0 Å². The van der Waals surface area contributed by atoms with Crippen molar-refractivity contribution < 1.29 is 14.1 Å². The average Bonchev–Trinajstić information content (AvgIpc) is 2.89. The van der Waals surface area contributed by atoms with Crippen molar-refractivity contribution >= 4 is 21.8 Å². The molecule has 0 radical (unpaired) electrons. The average molecular weight is 326 g/mol. The van der Waals surface area contributed by atoms with Crippen molar-refractivity contribution in [3.05, 3.63) is 57.8 Å². The fraction of sp³-hybridized carbons (Fsp3) is 0.231. The number of nitrogens with zero attached hydrogens (tertiary/aromatic N) is 1. The van der Waals surface area contributed by atoms with E-state index in [0.717, 1.165) is 11.3 Å². The zero-order chi connectivity index (χ0) is 13.8. The summed E-state index contributed by atoms with van der Waals surface area (Å²) in [6, 6.07) is 10.6. The largest absolute Gasteiger partial charge is 0.496 e. The molecule has 0 aliphatic carbocycles. The van der Waals surface area contributed by atoms with Crippen molar-refractivity contribution in [3.8, 4) is 5.75 Å². The normalized spacial score (nSPS) is 12.1. The molecule has 1 atom stereocenters. The Morgan fingerprint density at radius 3 is 2.74 bits per heavy atom. The number of benzene rings is 1. The highest BCUT2D eigenvalue weighted by molar-refractivity contribution is 9.09. The standard InChI is InChI=1S/C13H12BrNO4/c1-18-11-5-3-2-4-9(11)8-10(14)12-6-7-13(19-12)15(16)17/h2-7,10H,8H2,1H3. The van der Waals surface area contributed by atoms with Crippen LogP contribution in [0.5, 0.6) is 5.75 Å². The lowest BCUT2D eigenvalue weighted by Gasteiger charge is -2.10. The Hall–Kier alpha value is -1.82. The molecular weight excluding hydrogens is 314 g/mol. The van der Waals surface area contributed by atoms with E-state index < -0.39 is 4.92 Å². The summed E-state index contributed by atoms with van der Waals surface area (Å²) in [5, 5.41) is 10.6. The monoisotopic (exact) mass is 325 g/mol. The summed E-state index contributed by atoms with van der Waals surface area (Å²) < 4.78 is 10.4. The van der Waals surface area contributed by atoms with Gasteiger partial charge in [-0.1, -0.05) is 34.1 Å². The van der Waals surface area contributed by atoms with E-state index in [1.165, 1.54) is 6.07 Å². The summed E-state index contributed by atoms with van der Waals surface area (Å²) in [4.78, 5) is 9.88. The Bertz CT molecular complexity index is 582. The molecule has 0 saturated heterocycles. The van der Waals surface area contributed by atoms with Crippen molar-refractivity contribution in [2.45, 2.75) is 11.2 Å². The van der Waals surface area contributed by atoms with E-state index in [0.29, 0.717) is 12.2 Å². The maximum atomic E-state index is 10.6. The van der Waals surface area contributed by atoms with Gasteiger partial charge in [-0.2, -0.15) is 0 Å². The van der Waals surface area contributed by atoms with Crippen molar-refractivity contribution in [2.75, 3.05) is 7.11 Å². The first-order chi connectivity index (χ1) is 9.11. The minimum absolute atomic E-state index is 0.141. The van der Waals surface area contributed by atoms with Gasteiger partial charge in [-0.25, -0.2) is 0 Å². The SMILES string of the molecule is COc1ccccc1CC(Br)c1ccc([N+](=O)[O-])o1. The Morgan fingerprint density at radius 1 is 1.37 bits per heavy atom. The fourth-order valence-corrected chi connectivity index (χ4v) is 2.37. The lowest BCUT2D eigenvalue weighted by atomic mass is 10.1. The molecule has 1 unspecified atom stereocenters. The quantitative estimate of drug-likeness (QED) is 0.475. The third kappa shape index (κ3) is 3.14. The number of hydrogen-bond acceptors (Lipinski definition) is 4. The smallest absolute Gasteiger partial charge is 0.433 e. The molecule has 19 heavy (non-hydrogen) atoms. The molecular formula is C13H12BrNO4. The van der Waals surface area contributed by atoms with Crippen LogP contribution in [0.15, 0.2) is 40.8 Å². The summed E-state index contributed by atoms with van der Waals surface area (Å²) in [5.41, 5.74) is 1.01. The summed E-state index contributed by atoms with van der Waals surface area (Å²) in [7, 11) is 1.61. The molecule has 1 heterocycles. The molecule has 6 heteroatoms. The Labute approximate surface area is 118 Å². The van der Waals surface area contributed by atoms with Crippen LogP contribution in [-0.4, -0.2) is 12.0 Å². The van der Waals surface area contributed by atoms with E-state index in [-0.39, 0.29) is 10.7 Å². The molecule has 0 saturated carbocycles. The van der Waals surface area contributed by atoms with Crippen molar-refractivity contribution in [2.24, 2.45) is 0 Å². The van der Waals surface area contributed by atoms with Crippen molar-refractivity contribution in [1.82, 2.24) is 0 Å². The molecule has 0 fully saturated rings. The van der Waals surface area contributed by atoms with Crippen molar-refractivity contribution in [3.63, 3.8) is 0 Å². The van der Waals surface area contributed by atoms with Gasteiger partial charge in [0.25, 0.3) is 0 Å². The van der Waals surface area contributed by atoms with Gasteiger partial charge < -0.3 is 9.15 Å². The number of para-hydroxylation sites is 1. The molecule has 0 amide bonds. The predicted octanol–water partition coefficient (Wildman–Crippen LogP) is 3.88. The molecule has 5 nitrogen and oxygen atoms in total. The Balaban J connectivity index is 2.15. The molecule has 0 spiro atoms. The molecule has 0 aliphatic rings. The first-order valence-corrected chi connectivity index (χ1v) is 6.53. The van der Waals surface area contributed by atoms with E-state index in [1.807, 2.05) is 24.3 Å². The number of ether oxygens (including phenoxy) is 1. The van der Waals surface area contributed by atoms with Crippen LogP contribution in [-0.2, 0) is 6.42 Å². The molecule has 2 rings (SSSR count). The summed E-state index contributed by atoms with van der Waals surface area (Å²) in [6.45, 7) is 0. The van der Waals surface area contributed by atoms with Gasteiger partial charge in [0.2, 0.25) is 0 Å². The molecule has 1 aromatic carbocycles. The maximum absolute atomic E-state index is 10.6. The van der Waals surface area contributed by atoms with E-state index in [9.17, 15) is 10.1 Å². The van der Waals surface area contributed by atoms with Gasteiger partial charge in [0, 0.05) is 0 Å². The second-order valence-electron chi connectivity index (χ2n) is 3.92.